The van der Waals surface area contributed by atoms with Gasteiger partial charge in [-0.05, 0) is 30.4 Å². The number of halogens is 2. The van der Waals surface area contributed by atoms with Crippen LogP contribution in [-0.4, -0.2) is 11.2 Å². The van der Waals surface area contributed by atoms with E-state index in [0.29, 0.717) is 10.9 Å². The number of hydrogen-bond donors (Lipinski definition) is 2. The molecular formula is C11H15Cl2NO. The zero-order valence-electron chi connectivity index (χ0n) is 8.27. The van der Waals surface area contributed by atoms with Gasteiger partial charge >= 0.3 is 0 Å². The third-order valence-corrected chi connectivity index (χ3v) is 3.08. The molecular weight excluding hydrogens is 233 g/mol. The Morgan fingerprint density at radius 3 is 2.47 bits per heavy atom. The molecule has 0 aromatic heterocycles. The molecule has 2 nitrogen and oxygen atoms in total. The summed E-state index contributed by atoms with van der Waals surface area (Å²) < 4.78 is 0. The van der Waals surface area contributed by atoms with E-state index >= 15 is 0 Å². The molecule has 1 aromatic rings. The molecule has 0 heterocycles. The van der Waals surface area contributed by atoms with E-state index in [1.54, 1.807) is 6.07 Å². The second kappa shape index (κ2) is 5.17. The van der Waals surface area contributed by atoms with E-state index in [1.807, 2.05) is 18.2 Å². The van der Waals surface area contributed by atoms with Gasteiger partial charge in [-0.15, -0.1) is 12.4 Å². The highest BCUT2D eigenvalue weighted by Gasteiger charge is 2.34. The summed E-state index contributed by atoms with van der Waals surface area (Å²) in [7, 11) is 0. The van der Waals surface area contributed by atoms with Gasteiger partial charge in [0.1, 0.15) is 0 Å². The first-order valence-corrected chi connectivity index (χ1v) is 5.26. The quantitative estimate of drug-likeness (QED) is 0.863. The van der Waals surface area contributed by atoms with Crippen LogP contribution < -0.4 is 5.73 Å². The second-order valence-electron chi connectivity index (χ2n) is 3.88. The van der Waals surface area contributed by atoms with Gasteiger partial charge in [0, 0.05) is 5.02 Å². The second-order valence-corrected chi connectivity index (χ2v) is 4.28. The highest BCUT2D eigenvalue weighted by atomic mass is 35.5. The minimum Gasteiger partial charge on any atom is -0.391 e. The van der Waals surface area contributed by atoms with Crippen LogP contribution in [0.4, 0.5) is 0 Å². The Bertz CT molecular complexity index is 328. The minimum absolute atomic E-state index is 0. The van der Waals surface area contributed by atoms with Crippen LogP contribution in [0, 0.1) is 5.92 Å². The molecule has 0 aliphatic heterocycles. The lowest BCUT2D eigenvalue weighted by Gasteiger charge is -2.19. The van der Waals surface area contributed by atoms with Crippen molar-refractivity contribution in [2.45, 2.75) is 25.0 Å². The summed E-state index contributed by atoms with van der Waals surface area (Å²) in [5.41, 5.74) is 6.79. The molecule has 0 saturated heterocycles. The van der Waals surface area contributed by atoms with Crippen LogP contribution in [0.2, 0.25) is 5.02 Å². The first-order chi connectivity index (χ1) is 6.70. The van der Waals surface area contributed by atoms with Crippen LogP contribution in [0.3, 0.4) is 0 Å². The molecule has 0 bridgehead atoms. The van der Waals surface area contributed by atoms with Gasteiger partial charge in [0.2, 0.25) is 0 Å². The monoisotopic (exact) mass is 247 g/mol. The molecule has 1 fully saturated rings. The maximum atomic E-state index is 9.85. The average molecular weight is 248 g/mol. The van der Waals surface area contributed by atoms with Crippen molar-refractivity contribution < 1.29 is 5.11 Å². The topological polar surface area (TPSA) is 46.2 Å². The van der Waals surface area contributed by atoms with Gasteiger partial charge in [-0.2, -0.15) is 0 Å². The fourth-order valence-electron chi connectivity index (χ4n) is 1.66. The Labute approximate surface area is 101 Å². The molecule has 84 valence electrons. The summed E-state index contributed by atoms with van der Waals surface area (Å²) >= 11 is 6.00. The molecule has 15 heavy (non-hydrogen) atoms. The highest BCUT2D eigenvalue weighted by Crippen LogP contribution is 2.38. The van der Waals surface area contributed by atoms with Gasteiger partial charge in [0.15, 0.2) is 0 Å². The van der Waals surface area contributed by atoms with E-state index in [2.05, 4.69) is 0 Å². The Hall–Kier alpha value is -0.280. The standard InChI is InChI=1S/C11H14ClNO.ClH/c12-9-4-2-1-3-8(9)10(13)11(14)7-5-6-7;/h1-4,7,10-11,14H,5-6,13H2;1H/t10-,11+;/m1./s1. The lowest BCUT2D eigenvalue weighted by atomic mass is 9.99. The summed E-state index contributed by atoms with van der Waals surface area (Å²) in [6.07, 6.45) is 1.72. The zero-order valence-corrected chi connectivity index (χ0v) is 9.84. The van der Waals surface area contributed by atoms with Gasteiger partial charge in [-0.1, -0.05) is 29.8 Å². The van der Waals surface area contributed by atoms with Gasteiger partial charge in [-0.25, -0.2) is 0 Å². The molecule has 2 atom stereocenters. The predicted molar refractivity (Wildman–Crippen MR) is 64.4 cm³/mol. The van der Waals surface area contributed by atoms with E-state index in [4.69, 9.17) is 17.3 Å². The van der Waals surface area contributed by atoms with E-state index in [1.165, 1.54) is 0 Å². The van der Waals surface area contributed by atoms with Crippen molar-refractivity contribution in [1.82, 2.24) is 0 Å². The van der Waals surface area contributed by atoms with Crippen molar-refractivity contribution in [2.75, 3.05) is 0 Å². The lowest BCUT2D eigenvalue weighted by Crippen LogP contribution is -2.28. The minimum atomic E-state index is -0.449. The zero-order chi connectivity index (χ0) is 10.1. The molecule has 4 heteroatoms. The fourth-order valence-corrected chi connectivity index (χ4v) is 1.92. The van der Waals surface area contributed by atoms with E-state index in [9.17, 15) is 5.11 Å². The number of rotatable bonds is 3. The summed E-state index contributed by atoms with van der Waals surface area (Å²) in [5, 5.41) is 10.5. The maximum Gasteiger partial charge on any atom is 0.0761 e. The Morgan fingerprint density at radius 1 is 1.33 bits per heavy atom. The van der Waals surface area contributed by atoms with Crippen LogP contribution >= 0.6 is 24.0 Å². The number of hydrogen-bond acceptors (Lipinski definition) is 2. The van der Waals surface area contributed by atoms with Crippen LogP contribution in [0.1, 0.15) is 24.4 Å². The first-order valence-electron chi connectivity index (χ1n) is 4.88. The van der Waals surface area contributed by atoms with E-state index in [-0.39, 0.29) is 18.4 Å². The normalized spacial score (nSPS) is 19.1. The van der Waals surface area contributed by atoms with Gasteiger partial charge in [0.05, 0.1) is 12.1 Å². The van der Waals surface area contributed by atoms with Gasteiger partial charge < -0.3 is 10.8 Å². The van der Waals surface area contributed by atoms with E-state index < -0.39 is 6.10 Å². The Kier molecular flexibility index (Phi) is 4.41. The Balaban J connectivity index is 0.00000112. The fraction of sp³-hybridized carbons (Fsp3) is 0.455. The molecule has 1 aliphatic rings. The number of nitrogens with two attached hydrogens (primary N) is 1. The van der Waals surface area contributed by atoms with Crippen molar-refractivity contribution in [3.05, 3.63) is 34.9 Å². The molecule has 1 aliphatic carbocycles. The molecule has 1 saturated carbocycles. The van der Waals surface area contributed by atoms with Gasteiger partial charge in [0.25, 0.3) is 0 Å². The van der Waals surface area contributed by atoms with Crippen molar-refractivity contribution >= 4 is 24.0 Å². The van der Waals surface area contributed by atoms with Gasteiger partial charge in [-0.3, -0.25) is 0 Å². The molecule has 2 rings (SSSR count). The summed E-state index contributed by atoms with van der Waals surface area (Å²) in [6, 6.07) is 7.08. The maximum absolute atomic E-state index is 9.85. The number of aliphatic hydroxyl groups is 1. The molecule has 0 amide bonds. The van der Waals surface area contributed by atoms with Crippen molar-refractivity contribution in [3.63, 3.8) is 0 Å². The van der Waals surface area contributed by atoms with Crippen molar-refractivity contribution in [3.8, 4) is 0 Å². The molecule has 0 unspecified atom stereocenters. The molecule has 1 aromatic carbocycles. The third kappa shape index (κ3) is 2.85. The third-order valence-electron chi connectivity index (χ3n) is 2.74. The SMILES string of the molecule is Cl.N[C@H](c1ccccc1Cl)[C@@H](O)C1CC1. The van der Waals surface area contributed by atoms with Crippen LogP contribution in [0.25, 0.3) is 0 Å². The Morgan fingerprint density at radius 2 is 1.93 bits per heavy atom. The molecule has 0 spiro atoms. The van der Waals surface area contributed by atoms with Crippen LogP contribution in [0.5, 0.6) is 0 Å². The largest absolute Gasteiger partial charge is 0.391 e. The average Bonchev–Trinajstić information content (AvgIpc) is 3.00. The lowest BCUT2D eigenvalue weighted by molar-refractivity contribution is 0.122. The van der Waals surface area contributed by atoms with Crippen LogP contribution in [0.15, 0.2) is 24.3 Å². The van der Waals surface area contributed by atoms with Crippen LogP contribution in [-0.2, 0) is 0 Å². The summed E-state index contributed by atoms with van der Waals surface area (Å²) in [4.78, 5) is 0. The van der Waals surface area contributed by atoms with E-state index in [0.717, 1.165) is 18.4 Å². The van der Waals surface area contributed by atoms with Crippen molar-refractivity contribution in [2.24, 2.45) is 11.7 Å². The molecule has 0 radical (unpaired) electrons. The summed E-state index contributed by atoms with van der Waals surface area (Å²) in [6.45, 7) is 0. The molecule has 3 N–H and O–H groups in total. The van der Waals surface area contributed by atoms with Crippen molar-refractivity contribution in [1.29, 1.82) is 0 Å². The highest BCUT2D eigenvalue weighted by molar-refractivity contribution is 6.31. The number of aliphatic hydroxyl groups excluding tert-OH is 1. The first kappa shape index (κ1) is 12.8. The number of benzene rings is 1. The summed E-state index contributed by atoms with van der Waals surface area (Å²) in [5.74, 6) is 0.376. The predicted octanol–water partition coefficient (Wildman–Crippen LogP) is 2.53. The smallest absolute Gasteiger partial charge is 0.0761 e.